The SMILES string of the molecule is Cc1nc2ccc(NC(=O)NCc3ccccc3F)cc2nc1C. The van der Waals surface area contributed by atoms with Crippen LogP contribution < -0.4 is 10.6 Å². The molecule has 0 spiro atoms. The van der Waals surface area contributed by atoms with E-state index in [1.54, 1.807) is 36.4 Å². The number of carbonyl (C=O) groups excluding carboxylic acids is 1. The number of benzene rings is 2. The third-order valence-corrected chi connectivity index (χ3v) is 3.73. The number of halogens is 1. The fraction of sp³-hybridized carbons (Fsp3) is 0.167. The van der Waals surface area contributed by atoms with Gasteiger partial charge < -0.3 is 10.6 Å². The molecule has 0 unspecified atom stereocenters. The Kier molecular flexibility index (Phi) is 4.37. The van der Waals surface area contributed by atoms with Crippen LogP contribution in [-0.2, 0) is 6.54 Å². The zero-order chi connectivity index (χ0) is 17.1. The summed E-state index contributed by atoms with van der Waals surface area (Å²) in [5.74, 6) is -0.343. The van der Waals surface area contributed by atoms with Crippen molar-refractivity contribution in [2.45, 2.75) is 20.4 Å². The van der Waals surface area contributed by atoms with E-state index in [0.717, 1.165) is 16.9 Å². The van der Waals surface area contributed by atoms with Crippen LogP contribution in [0.2, 0.25) is 0 Å². The van der Waals surface area contributed by atoms with Gasteiger partial charge in [-0.2, -0.15) is 0 Å². The number of hydrogen-bond donors (Lipinski definition) is 2. The molecule has 24 heavy (non-hydrogen) atoms. The second-order valence-electron chi connectivity index (χ2n) is 5.50. The van der Waals surface area contributed by atoms with Crippen LogP contribution in [-0.4, -0.2) is 16.0 Å². The quantitative estimate of drug-likeness (QED) is 0.772. The van der Waals surface area contributed by atoms with Crippen molar-refractivity contribution in [2.75, 3.05) is 5.32 Å². The summed E-state index contributed by atoms with van der Waals surface area (Å²) in [5, 5.41) is 5.35. The first-order valence-corrected chi connectivity index (χ1v) is 7.56. The normalized spacial score (nSPS) is 10.6. The number of anilines is 1. The molecule has 3 rings (SSSR count). The minimum atomic E-state index is -0.408. The summed E-state index contributed by atoms with van der Waals surface area (Å²) in [7, 11) is 0. The third-order valence-electron chi connectivity index (χ3n) is 3.73. The van der Waals surface area contributed by atoms with Gasteiger partial charge in [0, 0.05) is 17.8 Å². The van der Waals surface area contributed by atoms with E-state index in [0.29, 0.717) is 16.8 Å². The monoisotopic (exact) mass is 324 g/mol. The molecular formula is C18H17FN4O. The van der Waals surface area contributed by atoms with Gasteiger partial charge in [-0.25, -0.2) is 19.2 Å². The Bertz CT molecular complexity index is 911. The largest absolute Gasteiger partial charge is 0.334 e. The molecule has 2 amide bonds. The van der Waals surface area contributed by atoms with Gasteiger partial charge in [0.2, 0.25) is 0 Å². The summed E-state index contributed by atoms with van der Waals surface area (Å²) in [5.41, 5.74) is 4.25. The lowest BCUT2D eigenvalue weighted by atomic mass is 10.2. The third kappa shape index (κ3) is 3.48. The number of nitrogens with one attached hydrogen (secondary N) is 2. The fourth-order valence-corrected chi connectivity index (χ4v) is 2.30. The summed E-state index contributed by atoms with van der Waals surface area (Å²) in [4.78, 5) is 20.9. The molecule has 0 radical (unpaired) electrons. The molecule has 3 aromatic rings. The van der Waals surface area contributed by atoms with Crippen LogP contribution in [0.1, 0.15) is 17.0 Å². The molecule has 0 aliphatic rings. The molecule has 0 atom stereocenters. The zero-order valence-corrected chi connectivity index (χ0v) is 13.4. The number of aromatic nitrogens is 2. The second kappa shape index (κ2) is 6.62. The van der Waals surface area contributed by atoms with Crippen molar-refractivity contribution in [3.8, 4) is 0 Å². The van der Waals surface area contributed by atoms with Crippen LogP contribution in [0.5, 0.6) is 0 Å². The molecule has 2 aromatic carbocycles. The van der Waals surface area contributed by atoms with E-state index in [1.165, 1.54) is 6.07 Å². The maximum absolute atomic E-state index is 13.5. The average molecular weight is 324 g/mol. The Hall–Kier alpha value is -3.02. The Morgan fingerprint density at radius 2 is 1.75 bits per heavy atom. The minimum Gasteiger partial charge on any atom is -0.334 e. The lowest BCUT2D eigenvalue weighted by Crippen LogP contribution is -2.28. The minimum absolute atomic E-state index is 0.115. The average Bonchev–Trinajstić information content (AvgIpc) is 2.55. The predicted octanol–water partition coefficient (Wildman–Crippen LogP) is 3.71. The van der Waals surface area contributed by atoms with Crippen molar-refractivity contribution < 1.29 is 9.18 Å². The molecule has 0 aliphatic heterocycles. The highest BCUT2D eigenvalue weighted by atomic mass is 19.1. The Labute approximate surface area is 138 Å². The van der Waals surface area contributed by atoms with Crippen LogP contribution in [0.25, 0.3) is 11.0 Å². The molecule has 0 bridgehead atoms. The highest BCUT2D eigenvalue weighted by Crippen LogP contribution is 2.17. The predicted molar refractivity (Wildman–Crippen MR) is 91.3 cm³/mol. The van der Waals surface area contributed by atoms with E-state index in [-0.39, 0.29) is 12.4 Å². The maximum atomic E-state index is 13.5. The van der Waals surface area contributed by atoms with E-state index in [9.17, 15) is 9.18 Å². The lowest BCUT2D eigenvalue weighted by molar-refractivity contribution is 0.251. The van der Waals surface area contributed by atoms with Crippen LogP contribution in [0.15, 0.2) is 42.5 Å². The van der Waals surface area contributed by atoms with Gasteiger partial charge in [-0.3, -0.25) is 0 Å². The van der Waals surface area contributed by atoms with Gasteiger partial charge >= 0.3 is 6.03 Å². The molecule has 1 aromatic heterocycles. The molecule has 6 heteroatoms. The Balaban J connectivity index is 1.69. The number of aryl methyl sites for hydroxylation is 2. The van der Waals surface area contributed by atoms with Crippen molar-refractivity contribution in [2.24, 2.45) is 0 Å². The Morgan fingerprint density at radius 3 is 2.50 bits per heavy atom. The van der Waals surface area contributed by atoms with Gasteiger partial charge in [0.15, 0.2) is 0 Å². The van der Waals surface area contributed by atoms with Crippen LogP contribution >= 0.6 is 0 Å². The van der Waals surface area contributed by atoms with E-state index < -0.39 is 6.03 Å². The molecule has 0 fully saturated rings. The van der Waals surface area contributed by atoms with Crippen molar-refractivity contribution in [3.63, 3.8) is 0 Å². The van der Waals surface area contributed by atoms with Crippen LogP contribution in [0.4, 0.5) is 14.9 Å². The highest BCUT2D eigenvalue weighted by molar-refractivity contribution is 5.91. The molecule has 2 N–H and O–H groups in total. The van der Waals surface area contributed by atoms with Gasteiger partial charge in [0.05, 0.1) is 22.4 Å². The molecular weight excluding hydrogens is 307 g/mol. The zero-order valence-electron chi connectivity index (χ0n) is 13.4. The standard InChI is InChI=1S/C18H17FN4O/c1-11-12(2)22-17-9-14(7-8-16(17)21-11)23-18(24)20-10-13-5-3-4-6-15(13)19/h3-9H,10H2,1-2H3,(H2,20,23,24). The van der Waals surface area contributed by atoms with E-state index in [4.69, 9.17) is 0 Å². The van der Waals surface area contributed by atoms with Gasteiger partial charge in [-0.1, -0.05) is 18.2 Å². The number of fused-ring (bicyclic) bond motifs is 1. The number of nitrogens with zero attached hydrogens (tertiary/aromatic N) is 2. The van der Waals surface area contributed by atoms with Gasteiger partial charge in [-0.15, -0.1) is 0 Å². The summed E-state index contributed by atoms with van der Waals surface area (Å²) >= 11 is 0. The summed E-state index contributed by atoms with van der Waals surface area (Å²) in [6.07, 6.45) is 0. The topological polar surface area (TPSA) is 66.9 Å². The Morgan fingerprint density at radius 1 is 1.04 bits per heavy atom. The van der Waals surface area contributed by atoms with Crippen molar-refractivity contribution >= 4 is 22.8 Å². The van der Waals surface area contributed by atoms with Crippen LogP contribution in [0.3, 0.4) is 0 Å². The van der Waals surface area contributed by atoms with Gasteiger partial charge in [-0.05, 0) is 38.1 Å². The van der Waals surface area contributed by atoms with Crippen molar-refractivity contribution in [1.82, 2.24) is 15.3 Å². The number of hydrogen-bond acceptors (Lipinski definition) is 3. The molecule has 5 nitrogen and oxygen atoms in total. The number of urea groups is 1. The molecule has 0 saturated heterocycles. The number of amides is 2. The van der Waals surface area contributed by atoms with Crippen molar-refractivity contribution in [1.29, 1.82) is 0 Å². The van der Waals surface area contributed by atoms with E-state index >= 15 is 0 Å². The van der Waals surface area contributed by atoms with Crippen molar-refractivity contribution in [3.05, 3.63) is 65.2 Å². The molecule has 122 valence electrons. The fourth-order valence-electron chi connectivity index (χ4n) is 2.30. The summed E-state index contributed by atoms with van der Waals surface area (Å²) in [6.45, 7) is 3.91. The first kappa shape index (κ1) is 15.9. The van der Waals surface area contributed by atoms with E-state index in [2.05, 4.69) is 20.6 Å². The van der Waals surface area contributed by atoms with Gasteiger partial charge in [0.1, 0.15) is 5.82 Å². The first-order chi connectivity index (χ1) is 11.5. The summed E-state index contributed by atoms with van der Waals surface area (Å²) < 4.78 is 13.5. The first-order valence-electron chi connectivity index (χ1n) is 7.56. The molecule has 0 aliphatic carbocycles. The number of carbonyl (C=O) groups is 1. The number of rotatable bonds is 3. The molecule has 0 saturated carbocycles. The van der Waals surface area contributed by atoms with Gasteiger partial charge in [0.25, 0.3) is 0 Å². The van der Waals surface area contributed by atoms with E-state index in [1.807, 2.05) is 13.8 Å². The maximum Gasteiger partial charge on any atom is 0.319 e. The highest BCUT2D eigenvalue weighted by Gasteiger charge is 2.07. The summed E-state index contributed by atoms with van der Waals surface area (Å²) in [6, 6.07) is 11.2. The molecule has 1 heterocycles. The van der Waals surface area contributed by atoms with Crippen LogP contribution in [0, 0.1) is 19.7 Å². The lowest BCUT2D eigenvalue weighted by Gasteiger charge is -2.09. The smallest absolute Gasteiger partial charge is 0.319 e. The second-order valence-corrected chi connectivity index (χ2v) is 5.50.